The maximum absolute atomic E-state index is 12.1. The minimum absolute atomic E-state index is 0. The predicted octanol–water partition coefficient (Wildman–Crippen LogP) is 1.29. The van der Waals surface area contributed by atoms with Gasteiger partial charge in [-0.25, -0.2) is 13.1 Å². The molecule has 0 saturated heterocycles. The highest BCUT2D eigenvalue weighted by Gasteiger charge is 2.28. The van der Waals surface area contributed by atoms with Gasteiger partial charge in [0.25, 0.3) is 5.91 Å². The lowest BCUT2D eigenvalue weighted by Crippen LogP contribution is -2.34. The molecule has 11 heteroatoms. The highest BCUT2D eigenvalue weighted by atomic mass is 35.5. The second-order valence-electron chi connectivity index (χ2n) is 4.58. The van der Waals surface area contributed by atoms with Gasteiger partial charge in [-0.15, -0.1) is 12.4 Å². The average molecular weight is 390 g/mol. The van der Waals surface area contributed by atoms with E-state index in [4.69, 9.17) is 0 Å². The average Bonchev–Trinajstić information content (AvgIpc) is 2.48. The number of carbonyl (C=O) groups is 1. The fraction of sp³-hybridized carbons (Fsp3) is 0.462. The fourth-order valence-electron chi connectivity index (χ4n) is 1.62. The van der Waals surface area contributed by atoms with E-state index < -0.39 is 28.7 Å². The molecule has 1 rings (SSSR count). The van der Waals surface area contributed by atoms with Gasteiger partial charge in [0, 0.05) is 18.7 Å². The third-order valence-corrected chi connectivity index (χ3v) is 4.16. The van der Waals surface area contributed by atoms with Crippen molar-refractivity contribution < 1.29 is 26.4 Å². The summed E-state index contributed by atoms with van der Waals surface area (Å²) in [5.74, 6) is -0.993. The molecule has 138 valence electrons. The molecule has 1 aromatic rings. The van der Waals surface area contributed by atoms with Gasteiger partial charge in [0.1, 0.15) is 6.54 Å². The molecule has 3 N–H and O–H groups in total. The predicted molar refractivity (Wildman–Crippen MR) is 85.8 cm³/mol. The summed E-state index contributed by atoms with van der Waals surface area (Å²) in [6.45, 7) is 1.67. The van der Waals surface area contributed by atoms with E-state index in [-0.39, 0.29) is 29.4 Å². The first-order valence-electron chi connectivity index (χ1n) is 6.81. The van der Waals surface area contributed by atoms with Crippen LogP contribution in [0.2, 0.25) is 0 Å². The van der Waals surface area contributed by atoms with Crippen LogP contribution in [0.25, 0.3) is 0 Å². The zero-order valence-corrected chi connectivity index (χ0v) is 14.4. The van der Waals surface area contributed by atoms with Crippen molar-refractivity contribution in [3.63, 3.8) is 0 Å². The van der Waals surface area contributed by atoms with E-state index in [9.17, 15) is 26.4 Å². The lowest BCUT2D eigenvalue weighted by atomic mass is 10.2. The Hall–Kier alpha value is -1.36. The van der Waals surface area contributed by atoms with Gasteiger partial charge in [-0.2, -0.15) is 13.2 Å². The van der Waals surface area contributed by atoms with Crippen molar-refractivity contribution in [2.24, 2.45) is 0 Å². The second-order valence-corrected chi connectivity index (χ2v) is 6.34. The number of halogens is 4. The summed E-state index contributed by atoms with van der Waals surface area (Å²) in [5.41, 5.74) is -0.163. The monoisotopic (exact) mass is 389 g/mol. The van der Waals surface area contributed by atoms with Crippen LogP contribution in [0.5, 0.6) is 0 Å². The largest absolute Gasteiger partial charge is 0.405 e. The molecule has 6 nitrogen and oxygen atoms in total. The van der Waals surface area contributed by atoms with E-state index >= 15 is 0 Å². The normalized spacial score (nSPS) is 11.7. The Morgan fingerprint density at radius 2 is 1.88 bits per heavy atom. The van der Waals surface area contributed by atoms with Crippen LogP contribution in [0, 0.1) is 0 Å². The van der Waals surface area contributed by atoms with Gasteiger partial charge < -0.3 is 10.6 Å². The number of nitrogens with one attached hydrogen (secondary N) is 3. The van der Waals surface area contributed by atoms with Crippen molar-refractivity contribution in [3.8, 4) is 0 Å². The lowest BCUT2D eigenvalue weighted by Gasteiger charge is -2.10. The molecule has 0 aliphatic carbocycles. The van der Waals surface area contributed by atoms with Gasteiger partial charge in [-0.3, -0.25) is 4.79 Å². The van der Waals surface area contributed by atoms with Crippen LogP contribution in [-0.2, 0) is 10.0 Å². The molecule has 0 heterocycles. The Morgan fingerprint density at radius 1 is 1.21 bits per heavy atom. The Bertz CT molecular complexity index is 639. The zero-order chi connectivity index (χ0) is 17.5. The fourth-order valence-corrected chi connectivity index (χ4v) is 2.70. The third kappa shape index (κ3) is 7.95. The molecule has 0 spiro atoms. The molecule has 1 aromatic carbocycles. The standard InChI is InChI=1S/C13H18F3N3O3S.ClH/c1-2-17-6-7-19-23(21,22)11-5-3-4-10(8-11)12(20)18-9-13(14,15)16;/h3-5,8,17,19H,2,6-7,9H2,1H3,(H,18,20);1H. The first-order valence-corrected chi connectivity index (χ1v) is 8.29. The molecule has 0 aromatic heterocycles. The van der Waals surface area contributed by atoms with Crippen molar-refractivity contribution in [1.29, 1.82) is 0 Å². The number of benzene rings is 1. The van der Waals surface area contributed by atoms with E-state index in [2.05, 4.69) is 10.0 Å². The summed E-state index contributed by atoms with van der Waals surface area (Å²) in [6.07, 6.45) is -4.53. The number of carbonyl (C=O) groups excluding carboxylic acids is 1. The molecule has 0 radical (unpaired) electrons. The van der Waals surface area contributed by atoms with Crippen LogP contribution in [0.4, 0.5) is 13.2 Å². The summed E-state index contributed by atoms with van der Waals surface area (Å²) < 4.78 is 62.6. The van der Waals surface area contributed by atoms with Crippen LogP contribution in [-0.4, -0.2) is 46.7 Å². The summed E-state index contributed by atoms with van der Waals surface area (Å²) in [5, 5.41) is 4.62. The molecule has 0 bridgehead atoms. The summed E-state index contributed by atoms with van der Waals surface area (Å²) in [6, 6.07) is 4.82. The third-order valence-electron chi connectivity index (χ3n) is 2.70. The first-order chi connectivity index (χ1) is 10.7. The van der Waals surface area contributed by atoms with Gasteiger partial charge in [0.05, 0.1) is 4.90 Å². The van der Waals surface area contributed by atoms with Gasteiger partial charge in [-0.1, -0.05) is 13.0 Å². The Balaban J connectivity index is 0.00000529. The van der Waals surface area contributed by atoms with Crippen molar-refractivity contribution in [2.75, 3.05) is 26.2 Å². The van der Waals surface area contributed by atoms with E-state index in [0.29, 0.717) is 13.1 Å². The smallest absolute Gasteiger partial charge is 0.343 e. The lowest BCUT2D eigenvalue weighted by molar-refractivity contribution is -0.123. The summed E-state index contributed by atoms with van der Waals surface area (Å²) in [4.78, 5) is 11.4. The molecule has 0 atom stereocenters. The van der Waals surface area contributed by atoms with Crippen LogP contribution in [0.15, 0.2) is 29.2 Å². The van der Waals surface area contributed by atoms with Crippen molar-refractivity contribution >= 4 is 28.3 Å². The number of hydrogen-bond donors (Lipinski definition) is 3. The molecule has 1 amide bonds. The van der Waals surface area contributed by atoms with E-state index in [1.807, 2.05) is 6.92 Å². The molecule has 24 heavy (non-hydrogen) atoms. The van der Waals surface area contributed by atoms with Gasteiger partial charge in [0.15, 0.2) is 0 Å². The maximum Gasteiger partial charge on any atom is 0.405 e. The minimum atomic E-state index is -4.53. The number of sulfonamides is 1. The molecule has 0 unspecified atom stereocenters. The second kappa shape index (κ2) is 9.82. The molecule has 0 fully saturated rings. The SMILES string of the molecule is CCNCCNS(=O)(=O)c1cccc(C(=O)NCC(F)(F)F)c1.Cl. The van der Waals surface area contributed by atoms with Gasteiger partial charge in [-0.05, 0) is 24.7 Å². The van der Waals surface area contributed by atoms with Crippen LogP contribution in [0.3, 0.4) is 0 Å². The summed E-state index contributed by atoms with van der Waals surface area (Å²) >= 11 is 0. The highest BCUT2D eigenvalue weighted by molar-refractivity contribution is 7.89. The molecular formula is C13H19ClF3N3O3S. The Morgan fingerprint density at radius 3 is 2.46 bits per heavy atom. The van der Waals surface area contributed by atoms with Crippen molar-refractivity contribution in [3.05, 3.63) is 29.8 Å². The number of amides is 1. The van der Waals surface area contributed by atoms with E-state index in [1.54, 1.807) is 5.32 Å². The molecular weight excluding hydrogens is 371 g/mol. The number of rotatable bonds is 8. The quantitative estimate of drug-likeness (QED) is 0.585. The number of hydrogen-bond acceptors (Lipinski definition) is 4. The van der Waals surface area contributed by atoms with Crippen LogP contribution < -0.4 is 15.4 Å². The van der Waals surface area contributed by atoms with Gasteiger partial charge >= 0.3 is 6.18 Å². The van der Waals surface area contributed by atoms with E-state index in [1.165, 1.54) is 18.2 Å². The molecule has 0 saturated carbocycles. The first kappa shape index (κ1) is 22.6. The highest BCUT2D eigenvalue weighted by Crippen LogP contribution is 2.14. The maximum atomic E-state index is 12.1. The van der Waals surface area contributed by atoms with Crippen molar-refractivity contribution in [1.82, 2.24) is 15.4 Å². The number of alkyl halides is 3. The minimum Gasteiger partial charge on any atom is -0.343 e. The Kier molecular flexibility index (Phi) is 9.26. The number of likely N-dealkylation sites (N-methyl/N-ethyl adjacent to an activating group) is 1. The molecule has 0 aliphatic heterocycles. The van der Waals surface area contributed by atoms with Crippen LogP contribution in [0.1, 0.15) is 17.3 Å². The van der Waals surface area contributed by atoms with Gasteiger partial charge in [0.2, 0.25) is 10.0 Å². The zero-order valence-electron chi connectivity index (χ0n) is 12.8. The topological polar surface area (TPSA) is 87.3 Å². The van der Waals surface area contributed by atoms with Crippen molar-refractivity contribution in [2.45, 2.75) is 18.0 Å². The summed E-state index contributed by atoms with van der Waals surface area (Å²) in [7, 11) is -3.83. The van der Waals surface area contributed by atoms with E-state index in [0.717, 1.165) is 6.07 Å². The van der Waals surface area contributed by atoms with Crippen LogP contribution >= 0.6 is 12.4 Å². The molecule has 0 aliphatic rings. The Labute approximate surface area is 144 Å².